The van der Waals surface area contributed by atoms with Crippen molar-refractivity contribution in [3.63, 3.8) is 0 Å². The lowest BCUT2D eigenvalue weighted by molar-refractivity contribution is 0.0524. The van der Waals surface area contributed by atoms with Gasteiger partial charge in [-0.15, -0.1) is 0 Å². The summed E-state index contributed by atoms with van der Waals surface area (Å²) in [6.07, 6.45) is 1.49. The number of ether oxygens (including phenoxy) is 1. The number of carbonyl (C=O) groups excluding carboxylic acids is 1. The van der Waals surface area contributed by atoms with E-state index in [9.17, 15) is 9.59 Å². The summed E-state index contributed by atoms with van der Waals surface area (Å²) < 4.78 is 6.85. The van der Waals surface area contributed by atoms with Crippen molar-refractivity contribution >= 4 is 29.2 Å². The zero-order valence-electron chi connectivity index (χ0n) is 11.5. The molecule has 0 bridgehead atoms. The molecule has 6 nitrogen and oxygen atoms in total. The molecule has 0 radical (unpaired) electrons. The van der Waals surface area contributed by atoms with Crippen LogP contribution in [0.2, 0.25) is 0 Å². The van der Waals surface area contributed by atoms with E-state index in [-0.39, 0.29) is 22.2 Å². The van der Waals surface area contributed by atoms with E-state index in [4.69, 9.17) is 17.0 Å². The Morgan fingerprint density at radius 3 is 2.80 bits per heavy atom. The number of aryl methyl sites for hydroxylation is 2. The van der Waals surface area contributed by atoms with Crippen LogP contribution in [-0.4, -0.2) is 27.1 Å². The van der Waals surface area contributed by atoms with Gasteiger partial charge in [-0.3, -0.25) is 4.79 Å². The second-order valence-electron chi connectivity index (χ2n) is 4.23. The van der Waals surface area contributed by atoms with E-state index < -0.39 is 11.4 Å². The van der Waals surface area contributed by atoms with Gasteiger partial charge in [0.25, 0.3) is 0 Å². The molecule has 0 saturated carbocycles. The molecule has 0 atom stereocenters. The third kappa shape index (κ3) is 2.36. The van der Waals surface area contributed by atoms with Gasteiger partial charge in [-0.05, 0) is 20.8 Å². The standard InChI is InChI=1S/C13H15N3O3S/c1-4-16-6-8(13(18)19-5-2)10(17)9-11(16)14-7(3)15-12(9)20/h6H,4-5H2,1-3H3,(H,14,15,20). The monoisotopic (exact) mass is 293 g/mol. The second kappa shape index (κ2) is 5.54. The molecule has 2 aromatic rings. The number of fused-ring (bicyclic) bond motifs is 1. The van der Waals surface area contributed by atoms with Gasteiger partial charge < -0.3 is 14.3 Å². The van der Waals surface area contributed by atoms with Crippen LogP contribution in [0.1, 0.15) is 30.0 Å². The molecule has 2 rings (SSSR count). The first-order chi connectivity index (χ1) is 9.49. The van der Waals surface area contributed by atoms with Crippen LogP contribution in [0.3, 0.4) is 0 Å². The van der Waals surface area contributed by atoms with E-state index >= 15 is 0 Å². The van der Waals surface area contributed by atoms with E-state index in [0.717, 1.165) is 0 Å². The molecule has 2 aromatic heterocycles. The number of aromatic nitrogens is 3. The third-order valence-electron chi connectivity index (χ3n) is 2.90. The molecule has 0 aliphatic heterocycles. The smallest absolute Gasteiger partial charge is 0.343 e. The van der Waals surface area contributed by atoms with Gasteiger partial charge in [0.15, 0.2) is 0 Å². The highest BCUT2D eigenvalue weighted by Crippen LogP contribution is 2.11. The fourth-order valence-corrected chi connectivity index (χ4v) is 2.34. The Labute approximate surface area is 120 Å². The molecule has 20 heavy (non-hydrogen) atoms. The summed E-state index contributed by atoms with van der Waals surface area (Å²) >= 11 is 5.15. The number of esters is 1. The third-order valence-corrected chi connectivity index (χ3v) is 3.19. The lowest BCUT2D eigenvalue weighted by Crippen LogP contribution is -2.22. The first-order valence-electron chi connectivity index (χ1n) is 6.30. The van der Waals surface area contributed by atoms with Crippen molar-refractivity contribution in [2.75, 3.05) is 6.61 Å². The Bertz CT molecular complexity index is 792. The SMILES string of the molecule is CCOC(=O)c1cn(CC)c2[nH]c(C)nc(=S)c2c1=O. The Morgan fingerprint density at radius 2 is 2.20 bits per heavy atom. The number of nitrogens with one attached hydrogen (secondary N) is 1. The van der Waals surface area contributed by atoms with Crippen molar-refractivity contribution < 1.29 is 9.53 Å². The summed E-state index contributed by atoms with van der Waals surface area (Å²) in [4.78, 5) is 31.4. The average Bonchev–Trinajstić information content (AvgIpc) is 2.38. The fraction of sp³-hybridized carbons (Fsp3) is 0.385. The number of nitrogens with zero attached hydrogens (tertiary/aromatic N) is 2. The van der Waals surface area contributed by atoms with Gasteiger partial charge >= 0.3 is 5.97 Å². The van der Waals surface area contributed by atoms with Crippen molar-refractivity contribution in [2.45, 2.75) is 27.3 Å². The first-order valence-corrected chi connectivity index (χ1v) is 6.71. The summed E-state index contributed by atoms with van der Waals surface area (Å²) in [6.45, 7) is 6.15. The first kappa shape index (κ1) is 14.4. The van der Waals surface area contributed by atoms with Gasteiger partial charge in [-0.1, -0.05) is 12.2 Å². The van der Waals surface area contributed by atoms with Crippen LogP contribution >= 0.6 is 12.2 Å². The lowest BCUT2D eigenvalue weighted by atomic mass is 10.2. The minimum atomic E-state index is -0.642. The van der Waals surface area contributed by atoms with E-state index in [2.05, 4.69) is 9.97 Å². The Balaban J connectivity index is 2.89. The molecule has 0 fully saturated rings. The fourth-order valence-electron chi connectivity index (χ4n) is 2.01. The molecule has 2 heterocycles. The van der Waals surface area contributed by atoms with Gasteiger partial charge in [0.1, 0.15) is 27.1 Å². The predicted octanol–water partition coefficient (Wildman–Crippen LogP) is 1.96. The molecule has 0 aromatic carbocycles. The maximum atomic E-state index is 12.4. The van der Waals surface area contributed by atoms with Crippen LogP contribution in [0.5, 0.6) is 0 Å². The number of hydrogen-bond acceptors (Lipinski definition) is 5. The van der Waals surface area contributed by atoms with Gasteiger partial charge in [-0.25, -0.2) is 9.78 Å². The van der Waals surface area contributed by atoms with Gasteiger partial charge in [0, 0.05) is 12.7 Å². The van der Waals surface area contributed by atoms with E-state index in [1.54, 1.807) is 18.4 Å². The van der Waals surface area contributed by atoms with E-state index in [1.165, 1.54) is 6.20 Å². The highest BCUT2D eigenvalue weighted by molar-refractivity contribution is 7.71. The zero-order chi connectivity index (χ0) is 14.9. The van der Waals surface area contributed by atoms with Crippen molar-refractivity contribution in [3.05, 3.63) is 32.4 Å². The number of hydrogen-bond donors (Lipinski definition) is 1. The molecular weight excluding hydrogens is 278 g/mol. The molecule has 0 amide bonds. The predicted molar refractivity (Wildman–Crippen MR) is 77.6 cm³/mol. The quantitative estimate of drug-likeness (QED) is 0.691. The lowest BCUT2D eigenvalue weighted by Gasteiger charge is -2.11. The van der Waals surface area contributed by atoms with Crippen LogP contribution in [0.25, 0.3) is 11.0 Å². The maximum absolute atomic E-state index is 12.4. The van der Waals surface area contributed by atoms with Crippen LogP contribution in [0.15, 0.2) is 11.0 Å². The summed E-state index contributed by atoms with van der Waals surface area (Å²) in [6, 6.07) is 0. The van der Waals surface area contributed by atoms with E-state index in [1.807, 2.05) is 6.92 Å². The molecule has 106 valence electrons. The average molecular weight is 293 g/mol. The van der Waals surface area contributed by atoms with Crippen molar-refractivity contribution in [2.24, 2.45) is 0 Å². The number of H-pyrrole nitrogens is 1. The number of pyridine rings is 1. The van der Waals surface area contributed by atoms with Gasteiger partial charge in [0.05, 0.1) is 6.61 Å². The summed E-state index contributed by atoms with van der Waals surface area (Å²) in [5.41, 5.74) is 0.103. The molecule has 0 unspecified atom stereocenters. The largest absolute Gasteiger partial charge is 0.462 e. The van der Waals surface area contributed by atoms with Crippen molar-refractivity contribution in [3.8, 4) is 0 Å². The van der Waals surface area contributed by atoms with Crippen LogP contribution in [-0.2, 0) is 11.3 Å². The highest BCUT2D eigenvalue weighted by atomic mass is 32.1. The topological polar surface area (TPSA) is 77.0 Å². The van der Waals surface area contributed by atoms with Crippen LogP contribution in [0, 0.1) is 11.6 Å². The van der Waals surface area contributed by atoms with Gasteiger partial charge in [-0.2, -0.15) is 0 Å². The number of aromatic amines is 1. The molecule has 0 aliphatic rings. The minimum absolute atomic E-state index is 0.0219. The van der Waals surface area contributed by atoms with Crippen LogP contribution in [0.4, 0.5) is 0 Å². The Morgan fingerprint density at radius 1 is 1.50 bits per heavy atom. The normalized spacial score (nSPS) is 10.8. The van der Waals surface area contributed by atoms with Crippen molar-refractivity contribution in [1.29, 1.82) is 0 Å². The molecule has 0 spiro atoms. The molecule has 1 N–H and O–H groups in total. The van der Waals surface area contributed by atoms with Gasteiger partial charge in [0.2, 0.25) is 5.43 Å². The van der Waals surface area contributed by atoms with Crippen LogP contribution < -0.4 is 5.43 Å². The highest BCUT2D eigenvalue weighted by Gasteiger charge is 2.17. The summed E-state index contributed by atoms with van der Waals surface area (Å²) in [5, 5.41) is 0.248. The molecule has 0 aliphatic carbocycles. The Hall–Kier alpha value is -2.02. The maximum Gasteiger partial charge on any atom is 0.343 e. The molecular formula is C13H15N3O3S. The zero-order valence-corrected chi connectivity index (χ0v) is 12.3. The number of carbonyl (C=O) groups is 1. The molecule has 0 saturated heterocycles. The van der Waals surface area contributed by atoms with Crippen molar-refractivity contribution in [1.82, 2.24) is 14.5 Å². The number of rotatable bonds is 3. The summed E-state index contributed by atoms with van der Waals surface area (Å²) in [5.74, 6) is -0.0236. The summed E-state index contributed by atoms with van der Waals surface area (Å²) in [7, 11) is 0. The second-order valence-corrected chi connectivity index (χ2v) is 4.62. The Kier molecular flexibility index (Phi) is 3.99. The minimum Gasteiger partial charge on any atom is -0.462 e. The van der Waals surface area contributed by atoms with E-state index in [0.29, 0.717) is 18.0 Å². The molecule has 7 heteroatoms.